The van der Waals surface area contributed by atoms with Gasteiger partial charge in [-0.25, -0.2) is 0 Å². The zero-order valence-corrected chi connectivity index (χ0v) is 11.3. The lowest BCUT2D eigenvalue weighted by molar-refractivity contribution is -0.386. The third-order valence-electron chi connectivity index (χ3n) is 2.52. The van der Waals surface area contributed by atoms with E-state index >= 15 is 0 Å². The normalized spacial score (nSPS) is 10.1. The summed E-state index contributed by atoms with van der Waals surface area (Å²) in [6.07, 6.45) is 1.54. The number of halogens is 1. The van der Waals surface area contributed by atoms with Crippen LogP contribution in [-0.2, 0) is 6.61 Å². The molecule has 0 spiro atoms. The maximum atomic E-state index is 10.9. The van der Waals surface area contributed by atoms with Gasteiger partial charge in [-0.15, -0.1) is 0 Å². The van der Waals surface area contributed by atoms with Gasteiger partial charge in [-0.3, -0.25) is 15.1 Å². The Labute approximate surface area is 120 Å². The molecule has 0 unspecified atom stereocenters. The number of ether oxygens (including phenoxy) is 2. The first-order valence-corrected chi connectivity index (χ1v) is 6.03. The Morgan fingerprint density at radius 2 is 2.15 bits per heavy atom. The van der Waals surface area contributed by atoms with Crippen LogP contribution >= 0.6 is 11.6 Å². The first-order valence-electron chi connectivity index (χ1n) is 5.66. The minimum atomic E-state index is -0.514. The maximum absolute atomic E-state index is 10.9. The summed E-state index contributed by atoms with van der Waals surface area (Å²) in [5, 5.41) is 11.5. The standard InChI is InChI=1S/C13H11ClN2O4/c1-19-11-2-3-12(16(17)18)13(7-11)20-8-10-6-9(14)4-5-15-10/h2-7H,8H2,1H3. The van der Waals surface area contributed by atoms with Gasteiger partial charge in [0.25, 0.3) is 0 Å². The van der Waals surface area contributed by atoms with Crippen LogP contribution in [-0.4, -0.2) is 17.0 Å². The zero-order valence-electron chi connectivity index (χ0n) is 10.6. The highest BCUT2D eigenvalue weighted by molar-refractivity contribution is 6.30. The molecule has 1 heterocycles. The van der Waals surface area contributed by atoms with Gasteiger partial charge in [0.1, 0.15) is 12.4 Å². The number of hydrogen-bond donors (Lipinski definition) is 0. The number of nitro benzene ring substituents is 1. The van der Waals surface area contributed by atoms with Crippen molar-refractivity contribution >= 4 is 17.3 Å². The fourth-order valence-electron chi connectivity index (χ4n) is 1.57. The van der Waals surface area contributed by atoms with Crippen LogP contribution in [0.1, 0.15) is 5.69 Å². The van der Waals surface area contributed by atoms with Crippen LogP contribution in [0.3, 0.4) is 0 Å². The molecule has 0 aliphatic heterocycles. The van der Waals surface area contributed by atoms with E-state index in [2.05, 4.69) is 4.98 Å². The average Bonchev–Trinajstić information content (AvgIpc) is 2.44. The topological polar surface area (TPSA) is 74.5 Å². The Hall–Kier alpha value is -2.34. The second-order valence-corrected chi connectivity index (χ2v) is 4.28. The van der Waals surface area contributed by atoms with Gasteiger partial charge >= 0.3 is 5.69 Å². The lowest BCUT2D eigenvalue weighted by atomic mass is 10.3. The molecular weight excluding hydrogens is 284 g/mol. The molecule has 0 fully saturated rings. The number of nitro groups is 1. The van der Waals surface area contributed by atoms with Crippen molar-refractivity contribution in [3.8, 4) is 11.5 Å². The largest absolute Gasteiger partial charge is 0.497 e. The third kappa shape index (κ3) is 3.36. The Morgan fingerprint density at radius 3 is 2.80 bits per heavy atom. The highest BCUT2D eigenvalue weighted by Crippen LogP contribution is 2.31. The molecule has 2 rings (SSSR count). The van der Waals surface area contributed by atoms with Crippen molar-refractivity contribution in [1.82, 2.24) is 4.98 Å². The summed E-state index contributed by atoms with van der Waals surface area (Å²) in [6, 6.07) is 7.57. The van der Waals surface area contributed by atoms with Gasteiger partial charge in [-0.05, 0) is 18.2 Å². The molecule has 0 aliphatic carbocycles. The van der Waals surface area contributed by atoms with Crippen molar-refractivity contribution < 1.29 is 14.4 Å². The van der Waals surface area contributed by atoms with E-state index in [9.17, 15) is 10.1 Å². The van der Waals surface area contributed by atoms with Gasteiger partial charge in [0, 0.05) is 23.4 Å². The van der Waals surface area contributed by atoms with E-state index in [4.69, 9.17) is 21.1 Å². The molecule has 2 aromatic rings. The van der Waals surface area contributed by atoms with Crippen molar-refractivity contribution in [3.63, 3.8) is 0 Å². The molecule has 0 aliphatic rings. The van der Waals surface area contributed by atoms with E-state index < -0.39 is 4.92 Å². The summed E-state index contributed by atoms with van der Waals surface area (Å²) in [7, 11) is 1.48. The van der Waals surface area contributed by atoms with Gasteiger partial charge in [0.2, 0.25) is 5.75 Å². The molecule has 0 saturated heterocycles. The fourth-order valence-corrected chi connectivity index (χ4v) is 1.75. The van der Waals surface area contributed by atoms with Gasteiger partial charge in [-0.1, -0.05) is 11.6 Å². The minimum absolute atomic E-state index is 0.0779. The summed E-state index contributed by atoms with van der Waals surface area (Å²) in [6.45, 7) is 0.0779. The summed E-state index contributed by atoms with van der Waals surface area (Å²) < 4.78 is 10.5. The first kappa shape index (κ1) is 14.1. The molecule has 0 amide bonds. The average molecular weight is 295 g/mol. The number of rotatable bonds is 5. The number of hydrogen-bond acceptors (Lipinski definition) is 5. The second-order valence-electron chi connectivity index (χ2n) is 3.84. The Balaban J connectivity index is 2.21. The molecule has 0 saturated carbocycles. The van der Waals surface area contributed by atoms with Crippen LogP contribution in [0, 0.1) is 10.1 Å². The first-order chi connectivity index (χ1) is 9.60. The molecule has 1 aromatic heterocycles. The molecular formula is C13H11ClN2O4. The van der Waals surface area contributed by atoms with Crippen molar-refractivity contribution in [2.24, 2.45) is 0 Å². The second kappa shape index (κ2) is 6.21. The molecule has 104 valence electrons. The number of nitrogens with zero attached hydrogens (tertiary/aromatic N) is 2. The van der Waals surface area contributed by atoms with Gasteiger partial charge in [0.15, 0.2) is 0 Å². The number of pyridine rings is 1. The van der Waals surface area contributed by atoms with E-state index in [1.54, 1.807) is 18.3 Å². The smallest absolute Gasteiger partial charge is 0.311 e. The van der Waals surface area contributed by atoms with E-state index in [0.29, 0.717) is 16.5 Å². The maximum Gasteiger partial charge on any atom is 0.311 e. The van der Waals surface area contributed by atoms with Crippen LogP contribution in [0.2, 0.25) is 5.02 Å². The molecule has 0 N–H and O–H groups in total. The SMILES string of the molecule is COc1ccc([N+](=O)[O-])c(OCc2cc(Cl)ccn2)c1. The van der Waals surface area contributed by atoms with Crippen LogP contribution in [0.25, 0.3) is 0 Å². The zero-order chi connectivity index (χ0) is 14.5. The molecule has 20 heavy (non-hydrogen) atoms. The number of benzene rings is 1. The van der Waals surface area contributed by atoms with Crippen molar-refractivity contribution in [2.45, 2.75) is 6.61 Å². The summed E-state index contributed by atoms with van der Waals surface area (Å²) in [5.74, 6) is 0.598. The predicted octanol–water partition coefficient (Wildman–Crippen LogP) is 3.23. The summed E-state index contributed by atoms with van der Waals surface area (Å²) >= 11 is 5.83. The van der Waals surface area contributed by atoms with Crippen LogP contribution in [0.5, 0.6) is 11.5 Å². The summed E-state index contributed by atoms with van der Waals surface area (Å²) in [5.41, 5.74) is 0.447. The van der Waals surface area contributed by atoms with Crippen LogP contribution in [0.4, 0.5) is 5.69 Å². The third-order valence-corrected chi connectivity index (χ3v) is 2.75. The quantitative estimate of drug-likeness (QED) is 0.625. The summed E-state index contributed by atoms with van der Waals surface area (Å²) in [4.78, 5) is 14.5. The van der Waals surface area contributed by atoms with Crippen LogP contribution < -0.4 is 9.47 Å². The van der Waals surface area contributed by atoms with E-state index in [1.165, 1.54) is 25.3 Å². The molecule has 0 atom stereocenters. The molecule has 7 heteroatoms. The van der Waals surface area contributed by atoms with Crippen molar-refractivity contribution in [1.29, 1.82) is 0 Å². The Kier molecular flexibility index (Phi) is 4.37. The Morgan fingerprint density at radius 1 is 1.35 bits per heavy atom. The molecule has 0 bridgehead atoms. The molecule has 6 nitrogen and oxygen atoms in total. The van der Waals surface area contributed by atoms with Gasteiger partial charge < -0.3 is 9.47 Å². The predicted molar refractivity (Wildman–Crippen MR) is 73.2 cm³/mol. The van der Waals surface area contributed by atoms with E-state index in [-0.39, 0.29) is 18.0 Å². The monoisotopic (exact) mass is 294 g/mol. The highest BCUT2D eigenvalue weighted by atomic mass is 35.5. The van der Waals surface area contributed by atoms with Gasteiger partial charge in [-0.2, -0.15) is 0 Å². The van der Waals surface area contributed by atoms with Gasteiger partial charge in [0.05, 0.1) is 17.7 Å². The van der Waals surface area contributed by atoms with E-state index in [0.717, 1.165) is 0 Å². The molecule has 1 aromatic carbocycles. The number of aromatic nitrogens is 1. The number of methoxy groups -OCH3 is 1. The van der Waals surface area contributed by atoms with E-state index in [1.807, 2.05) is 0 Å². The van der Waals surface area contributed by atoms with Crippen molar-refractivity contribution in [2.75, 3.05) is 7.11 Å². The fraction of sp³-hybridized carbons (Fsp3) is 0.154. The Bertz CT molecular complexity index is 634. The lowest BCUT2D eigenvalue weighted by Crippen LogP contribution is -2.01. The van der Waals surface area contributed by atoms with Crippen LogP contribution in [0.15, 0.2) is 36.5 Å². The van der Waals surface area contributed by atoms with Crippen molar-refractivity contribution in [3.05, 3.63) is 57.4 Å². The minimum Gasteiger partial charge on any atom is -0.497 e. The highest BCUT2D eigenvalue weighted by Gasteiger charge is 2.16. The molecule has 0 radical (unpaired) electrons. The lowest BCUT2D eigenvalue weighted by Gasteiger charge is -2.08.